The summed E-state index contributed by atoms with van der Waals surface area (Å²) in [5, 5.41) is 10.6. The topological polar surface area (TPSA) is 80.5 Å². The first-order valence-electron chi connectivity index (χ1n) is 5.92. The second-order valence-corrected chi connectivity index (χ2v) is 4.38. The Balaban J connectivity index is 2.09. The highest BCUT2D eigenvalue weighted by molar-refractivity contribution is 6.34. The minimum Gasteiger partial charge on any atom is -0.268 e. The molecule has 1 aliphatic rings. The Bertz CT molecular complexity index is 768. The van der Waals surface area contributed by atoms with Crippen LogP contribution in [-0.4, -0.2) is 16.7 Å². The Morgan fingerprint density at radius 3 is 2.05 bits per heavy atom. The average molecular weight is 286 g/mol. The minimum absolute atomic E-state index is 0.181. The van der Waals surface area contributed by atoms with Crippen LogP contribution in [0.4, 0.5) is 15.8 Å². The van der Waals surface area contributed by atoms with Crippen LogP contribution in [0.15, 0.2) is 42.5 Å². The molecule has 0 saturated carbocycles. The fourth-order valence-electron chi connectivity index (χ4n) is 2.20. The lowest BCUT2D eigenvalue weighted by Gasteiger charge is -2.14. The number of nitro benzene ring substituents is 1. The highest BCUT2D eigenvalue weighted by atomic mass is 19.1. The van der Waals surface area contributed by atoms with Crippen LogP contribution in [0.3, 0.4) is 0 Å². The van der Waals surface area contributed by atoms with E-state index >= 15 is 0 Å². The number of imide groups is 1. The summed E-state index contributed by atoms with van der Waals surface area (Å²) in [6.07, 6.45) is 0. The van der Waals surface area contributed by atoms with Crippen molar-refractivity contribution in [1.82, 2.24) is 0 Å². The van der Waals surface area contributed by atoms with Gasteiger partial charge in [0.25, 0.3) is 17.5 Å². The van der Waals surface area contributed by atoms with Crippen LogP contribution in [0.2, 0.25) is 0 Å². The van der Waals surface area contributed by atoms with Crippen LogP contribution in [0.25, 0.3) is 0 Å². The van der Waals surface area contributed by atoms with E-state index in [2.05, 4.69) is 0 Å². The Morgan fingerprint density at radius 2 is 1.57 bits per heavy atom. The van der Waals surface area contributed by atoms with Crippen molar-refractivity contribution >= 4 is 23.2 Å². The van der Waals surface area contributed by atoms with Crippen molar-refractivity contribution in [2.45, 2.75) is 0 Å². The first kappa shape index (κ1) is 12.9. The number of hydrogen-bond acceptors (Lipinski definition) is 4. The summed E-state index contributed by atoms with van der Waals surface area (Å²) in [7, 11) is 0. The smallest absolute Gasteiger partial charge is 0.268 e. The van der Waals surface area contributed by atoms with E-state index in [1.807, 2.05) is 0 Å². The monoisotopic (exact) mass is 286 g/mol. The normalized spacial score (nSPS) is 13.5. The van der Waals surface area contributed by atoms with Crippen LogP contribution in [0.5, 0.6) is 0 Å². The SMILES string of the molecule is O=C1c2ccccc2C(=O)N1c1ccc([N+](=O)[O-])cc1F. The predicted molar refractivity (Wildman–Crippen MR) is 70.6 cm³/mol. The number of carbonyl (C=O) groups excluding carboxylic acids is 2. The third-order valence-electron chi connectivity index (χ3n) is 3.18. The van der Waals surface area contributed by atoms with E-state index in [9.17, 15) is 24.1 Å². The molecule has 7 heteroatoms. The standard InChI is InChI=1S/C14H7FN2O4/c15-11-7-8(17(20)21)5-6-12(11)16-13(18)9-3-1-2-4-10(9)14(16)19/h1-7H. The van der Waals surface area contributed by atoms with Gasteiger partial charge in [0.1, 0.15) is 0 Å². The van der Waals surface area contributed by atoms with Crippen molar-refractivity contribution in [3.63, 3.8) is 0 Å². The molecule has 0 unspecified atom stereocenters. The second-order valence-electron chi connectivity index (χ2n) is 4.38. The molecule has 0 bridgehead atoms. The maximum Gasteiger partial charge on any atom is 0.272 e. The van der Waals surface area contributed by atoms with Gasteiger partial charge in [0.15, 0.2) is 5.82 Å². The fraction of sp³-hybridized carbons (Fsp3) is 0. The zero-order chi connectivity index (χ0) is 15.1. The number of anilines is 1. The van der Waals surface area contributed by atoms with Crippen molar-refractivity contribution in [3.05, 3.63) is 69.5 Å². The van der Waals surface area contributed by atoms with Crippen molar-refractivity contribution < 1.29 is 18.9 Å². The van der Waals surface area contributed by atoms with E-state index in [1.54, 1.807) is 12.1 Å². The van der Waals surface area contributed by atoms with Crippen LogP contribution >= 0.6 is 0 Å². The molecule has 0 N–H and O–H groups in total. The molecule has 1 aliphatic heterocycles. The molecule has 0 aromatic heterocycles. The Morgan fingerprint density at radius 1 is 1.00 bits per heavy atom. The van der Waals surface area contributed by atoms with Gasteiger partial charge in [0.05, 0.1) is 27.8 Å². The van der Waals surface area contributed by atoms with Crippen LogP contribution in [0.1, 0.15) is 20.7 Å². The summed E-state index contributed by atoms with van der Waals surface area (Å²) in [5.41, 5.74) is -0.389. The van der Waals surface area contributed by atoms with E-state index in [-0.39, 0.29) is 16.8 Å². The number of amides is 2. The largest absolute Gasteiger partial charge is 0.272 e. The van der Waals surface area contributed by atoms with Crippen LogP contribution in [-0.2, 0) is 0 Å². The summed E-state index contributed by atoms with van der Waals surface area (Å²) in [6.45, 7) is 0. The number of benzene rings is 2. The summed E-state index contributed by atoms with van der Waals surface area (Å²) in [4.78, 5) is 34.9. The second kappa shape index (κ2) is 4.48. The Kier molecular flexibility index (Phi) is 2.76. The zero-order valence-electron chi connectivity index (χ0n) is 10.4. The van der Waals surface area contributed by atoms with Crippen LogP contribution < -0.4 is 4.90 Å². The first-order valence-corrected chi connectivity index (χ1v) is 5.92. The molecule has 3 rings (SSSR count). The summed E-state index contributed by atoms with van der Waals surface area (Å²) >= 11 is 0. The summed E-state index contributed by atoms with van der Waals surface area (Å²) in [6, 6.07) is 8.91. The number of halogens is 1. The van der Waals surface area contributed by atoms with E-state index in [4.69, 9.17) is 0 Å². The molecule has 2 amide bonds. The average Bonchev–Trinajstić information content (AvgIpc) is 2.72. The molecule has 1 heterocycles. The van der Waals surface area contributed by atoms with Crippen LogP contribution in [0, 0.1) is 15.9 Å². The van der Waals surface area contributed by atoms with Gasteiger partial charge in [-0.15, -0.1) is 0 Å². The molecule has 6 nitrogen and oxygen atoms in total. The lowest BCUT2D eigenvalue weighted by Crippen LogP contribution is -2.30. The molecule has 104 valence electrons. The molecule has 0 atom stereocenters. The van der Waals surface area contributed by atoms with Crippen molar-refractivity contribution in [2.24, 2.45) is 0 Å². The fourth-order valence-corrected chi connectivity index (χ4v) is 2.20. The highest BCUT2D eigenvalue weighted by Crippen LogP contribution is 2.31. The lowest BCUT2D eigenvalue weighted by molar-refractivity contribution is -0.385. The third kappa shape index (κ3) is 1.86. The maximum atomic E-state index is 14.0. The van der Waals surface area contributed by atoms with Gasteiger partial charge >= 0.3 is 0 Å². The number of nitro groups is 1. The van der Waals surface area contributed by atoms with Gasteiger partial charge in [0.2, 0.25) is 0 Å². The Hall–Kier alpha value is -3.09. The molecule has 21 heavy (non-hydrogen) atoms. The van der Waals surface area contributed by atoms with Gasteiger partial charge in [-0.25, -0.2) is 9.29 Å². The van der Waals surface area contributed by atoms with E-state index in [0.717, 1.165) is 12.1 Å². The van der Waals surface area contributed by atoms with Gasteiger partial charge < -0.3 is 0 Å². The molecular formula is C14H7FN2O4. The molecule has 2 aromatic rings. The highest BCUT2D eigenvalue weighted by Gasteiger charge is 2.37. The zero-order valence-corrected chi connectivity index (χ0v) is 10.4. The number of hydrogen-bond donors (Lipinski definition) is 0. The Labute approximate surface area is 117 Å². The maximum absolute atomic E-state index is 14.0. The molecule has 0 spiro atoms. The lowest BCUT2D eigenvalue weighted by atomic mass is 10.1. The van der Waals surface area contributed by atoms with E-state index in [1.165, 1.54) is 12.1 Å². The van der Waals surface area contributed by atoms with Crippen molar-refractivity contribution in [3.8, 4) is 0 Å². The van der Waals surface area contributed by atoms with E-state index < -0.39 is 28.2 Å². The third-order valence-corrected chi connectivity index (χ3v) is 3.18. The molecule has 2 aromatic carbocycles. The van der Waals surface area contributed by atoms with E-state index in [0.29, 0.717) is 11.0 Å². The molecule has 0 fully saturated rings. The number of non-ortho nitro benzene ring substituents is 1. The number of fused-ring (bicyclic) bond motifs is 1. The van der Waals surface area contributed by atoms with Gasteiger partial charge in [-0.2, -0.15) is 0 Å². The number of carbonyl (C=O) groups is 2. The summed E-state index contributed by atoms with van der Waals surface area (Å²) in [5.74, 6) is -2.30. The number of nitrogens with zero attached hydrogens (tertiary/aromatic N) is 2. The summed E-state index contributed by atoms with van der Waals surface area (Å²) < 4.78 is 14.0. The number of rotatable bonds is 2. The first-order chi connectivity index (χ1) is 10.0. The predicted octanol–water partition coefficient (Wildman–Crippen LogP) is 2.53. The minimum atomic E-state index is -1.00. The quantitative estimate of drug-likeness (QED) is 0.482. The van der Waals surface area contributed by atoms with Crippen molar-refractivity contribution in [1.29, 1.82) is 0 Å². The van der Waals surface area contributed by atoms with Gasteiger partial charge in [0, 0.05) is 6.07 Å². The molecular weight excluding hydrogens is 279 g/mol. The van der Waals surface area contributed by atoms with Crippen molar-refractivity contribution in [2.75, 3.05) is 4.90 Å². The molecule has 0 saturated heterocycles. The molecule has 0 radical (unpaired) electrons. The van der Waals surface area contributed by atoms with Gasteiger partial charge in [-0.3, -0.25) is 19.7 Å². The van der Waals surface area contributed by atoms with Gasteiger partial charge in [-0.1, -0.05) is 12.1 Å². The molecule has 0 aliphatic carbocycles. The van der Waals surface area contributed by atoms with Gasteiger partial charge in [-0.05, 0) is 18.2 Å².